The average molecular weight is 566 g/mol. The van der Waals surface area contributed by atoms with Gasteiger partial charge in [-0.15, -0.1) is 0 Å². The molecule has 1 aromatic heterocycles. The standard InChI is InChI=1S/C32H30F3NO5/c1-5-39-26-16-20(10-12-25(26)40-14-13-18(2)3)28-27-29(37)23-15-19(4)9-11-24(23)41-30(27)31(38)36(28)22-8-6-7-21(17-22)32(33,34)35/h6-12,15-18,28H,5,13-14H2,1-4H3. The predicted octanol–water partition coefficient (Wildman–Crippen LogP) is 7.69. The Hall–Kier alpha value is -4.27. The monoisotopic (exact) mass is 565 g/mol. The molecule has 0 saturated heterocycles. The molecular weight excluding hydrogens is 535 g/mol. The average Bonchev–Trinajstić information content (AvgIpc) is 3.22. The maximum Gasteiger partial charge on any atom is 0.416 e. The van der Waals surface area contributed by atoms with Crippen LogP contribution in [0.2, 0.25) is 0 Å². The summed E-state index contributed by atoms with van der Waals surface area (Å²) >= 11 is 0. The van der Waals surface area contributed by atoms with Crippen LogP contribution in [0.3, 0.4) is 0 Å². The molecule has 0 bridgehead atoms. The molecule has 0 fully saturated rings. The van der Waals surface area contributed by atoms with E-state index in [0.717, 1.165) is 24.1 Å². The minimum absolute atomic E-state index is 0.0175. The van der Waals surface area contributed by atoms with Gasteiger partial charge in [0.25, 0.3) is 5.91 Å². The molecule has 6 nitrogen and oxygen atoms in total. The van der Waals surface area contributed by atoms with Gasteiger partial charge in [-0.1, -0.05) is 37.6 Å². The molecule has 1 amide bonds. The number of halogens is 3. The van der Waals surface area contributed by atoms with Crippen molar-refractivity contribution in [2.24, 2.45) is 5.92 Å². The summed E-state index contributed by atoms with van der Waals surface area (Å²) in [5.41, 5.74) is 0.212. The number of alkyl halides is 3. The Morgan fingerprint density at radius 1 is 0.976 bits per heavy atom. The number of fused-ring (bicyclic) bond motifs is 2. The Balaban J connectivity index is 1.71. The minimum atomic E-state index is -4.63. The molecule has 0 aliphatic carbocycles. The summed E-state index contributed by atoms with van der Waals surface area (Å²) in [7, 11) is 0. The van der Waals surface area contributed by atoms with E-state index in [1.54, 1.807) is 36.4 Å². The summed E-state index contributed by atoms with van der Waals surface area (Å²) in [4.78, 5) is 28.9. The molecule has 1 unspecified atom stereocenters. The van der Waals surface area contributed by atoms with Gasteiger partial charge < -0.3 is 13.9 Å². The van der Waals surface area contributed by atoms with Crippen LogP contribution in [0.5, 0.6) is 11.5 Å². The molecule has 1 aliphatic heterocycles. The molecular formula is C32H30F3NO5. The first-order chi connectivity index (χ1) is 19.5. The lowest BCUT2D eigenvalue weighted by atomic mass is 9.97. The first-order valence-electron chi connectivity index (χ1n) is 13.5. The van der Waals surface area contributed by atoms with Crippen LogP contribution >= 0.6 is 0 Å². The third kappa shape index (κ3) is 5.40. The summed E-state index contributed by atoms with van der Waals surface area (Å²) in [6.45, 7) is 8.61. The van der Waals surface area contributed by atoms with E-state index in [2.05, 4.69) is 13.8 Å². The van der Waals surface area contributed by atoms with Crippen LogP contribution in [0.1, 0.15) is 66.0 Å². The lowest BCUT2D eigenvalue weighted by molar-refractivity contribution is -0.137. The third-order valence-electron chi connectivity index (χ3n) is 7.01. The number of rotatable bonds is 8. The summed E-state index contributed by atoms with van der Waals surface area (Å²) < 4.78 is 58.7. The molecule has 9 heteroatoms. The zero-order valence-corrected chi connectivity index (χ0v) is 23.2. The van der Waals surface area contributed by atoms with Gasteiger partial charge in [0.05, 0.1) is 35.8 Å². The largest absolute Gasteiger partial charge is 0.490 e. The number of benzene rings is 3. The van der Waals surface area contributed by atoms with Gasteiger partial charge in [0.1, 0.15) is 5.58 Å². The van der Waals surface area contributed by atoms with Crippen molar-refractivity contribution in [2.45, 2.75) is 46.3 Å². The maximum atomic E-state index is 13.9. The number of nitrogens with zero attached hydrogens (tertiary/aromatic N) is 1. The van der Waals surface area contributed by atoms with Crippen LogP contribution < -0.4 is 19.8 Å². The van der Waals surface area contributed by atoms with E-state index < -0.39 is 29.1 Å². The zero-order valence-electron chi connectivity index (χ0n) is 23.2. The molecule has 0 N–H and O–H groups in total. The second kappa shape index (κ2) is 11.0. The van der Waals surface area contributed by atoms with E-state index >= 15 is 0 Å². The topological polar surface area (TPSA) is 69.0 Å². The van der Waals surface area contributed by atoms with Gasteiger partial charge in [-0.05, 0) is 74.2 Å². The van der Waals surface area contributed by atoms with Gasteiger partial charge in [0.15, 0.2) is 16.9 Å². The van der Waals surface area contributed by atoms with Crippen molar-refractivity contribution in [2.75, 3.05) is 18.1 Å². The van der Waals surface area contributed by atoms with E-state index in [-0.39, 0.29) is 28.0 Å². The second-order valence-electron chi connectivity index (χ2n) is 10.5. The Kier molecular flexibility index (Phi) is 7.55. The normalized spacial score (nSPS) is 15.1. The highest BCUT2D eigenvalue weighted by molar-refractivity contribution is 6.10. The Labute approximate surface area is 235 Å². The molecule has 2 heterocycles. The van der Waals surface area contributed by atoms with Crippen molar-refractivity contribution in [3.63, 3.8) is 0 Å². The van der Waals surface area contributed by atoms with Gasteiger partial charge >= 0.3 is 6.18 Å². The molecule has 214 valence electrons. The quantitative estimate of drug-likeness (QED) is 0.219. The lowest BCUT2D eigenvalue weighted by Gasteiger charge is -2.26. The molecule has 0 saturated carbocycles. The Bertz CT molecular complexity index is 1670. The van der Waals surface area contributed by atoms with Gasteiger partial charge in [-0.25, -0.2) is 0 Å². The first-order valence-corrected chi connectivity index (χ1v) is 13.5. The fourth-order valence-corrected chi connectivity index (χ4v) is 4.99. The van der Waals surface area contributed by atoms with E-state index in [1.165, 1.54) is 17.0 Å². The Morgan fingerprint density at radius 3 is 2.46 bits per heavy atom. The SMILES string of the molecule is CCOc1cc(C2c3c(oc4ccc(C)cc4c3=O)C(=O)N2c2cccc(C(F)(F)F)c2)ccc1OCCC(C)C. The third-order valence-corrected chi connectivity index (χ3v) is 7.01. The van der Waals surface area contributed by atoms with Crippen LogP contribution in [0, 0.1) is 12.8 Å². The van der Waals surface area contributed by atoms with E-state index in [4.69, 9.17) is 13.9 Å². The van der Waals surface area contributed by atoms with E-state index in [1.807, 2.05) is 13.8 Å². The molecule has 1 atom stereocenters. The number of carbonyl (C=O) groups excluding carboxylic acids is 1. The highest BCUT2D eigenvalue weighted by Crippen LogP contribution is 2.44. The molecule has 5 rings (SSSR count). The molecule has 0 spiro atoms. The minimum Gasteiger partial charge on any atom is -0.490 e. The first kappa shape index (κ1) is 28.3. The van der Waals surface area contributed by atoms with Gasteiger partial charge in [0.2, 0.25) is 5.76 Å². The number of aryl methyl sites for hydroxylation is 1. The van der Waals surface area contributed by atoms with Crippen molar-refractivity contribution in [1.29, 1.82) is 0 Å². The molecule has 0 radical (unpaired) electrons. The van der Waals surface area contributed by atoms with Crippen LogP contribution in [-0.2, 0) is 6.18 Å². The Morgan fingerprint density at radius 2 is 1.76 bits per heavy atom. The van der Waals surface area contributed by atoms with E-state index in [0.29, 0.717) is 36.2 Å². The fourth-order valence-electron chi connectivity index (χ4n) is 4.99. The number of ether oxygens (including phenoxy) is 2. The highest BCUT2D eigenvalue weighted by atomic mass is 19.4. The second-order valence-corrected chi connectivity index (χ2v) is 10.5. The molecule has 1 aliphatic rings. The van der Waals surface area contributed by atoms with E-state index in [9.17, 15) is 22.8 Å². The van der Waals surface area contributed by atoms with Gasteiger partial charge in [-0.2, -0.15) is 13.2 Å². The zero-order chi connectivity index (χ0) is 29.5. The van der Waals surface area contributed by atoms with Crippen molar-refractivity contribution in [1.82, 2.24) is 0 Å². The number of hydrogen-bond donors (Lipinski definition) is 0. The molecule has 3 aromatic carbocycles. The smallest absolute Gasteiger partial charge is 0.416 e. The van der Waals surface area contributed by atoms with Crippen molar-refractivity contribution in [3.05, 3.63) is 98.9 Å². The van der Waals surface area contributed by atoms with Crippen LogP contribution in [0.25, 0.3) is 11.0 Å². The summed E-state index contributed by atoms with van der Waals surface area (Å²) in [5.74, 6) is 0.417. The van der Waals surface area contributed by atoms with Gasteiger partial charge in [0, 0.05) is 5.69 Å². The van der Waals surface area contributed by atoms with Crippen LogP contribution in [0.15, 0.2) is 69.9 Å². The summed E-state index contributed by atoms with van der Waals surface area (Å²) in [6.07, 6.45) is -3.80. The number of amides is 1. The summed E-state index contributed by atoms with van der Waals surface area (Å²) in [6, 6.07) is 13.5. The fraction of sp³-hybridized carbons (Fsp3) is 0.312. The van der Waals surface area contributed by atoms with Crippen molar-refractivity contribution in [3.8, 4) is 11.5 Å². The van der Waals surface area contributed by atoms with Gasteiger partial charge in [-0.3, -0.25) is 14.5 Å². The lowest BCUT2D eigenvalue weighted by Crippen LogP contribution is -2.29. The number of anilines is 1. The predicted molar refractivity (Wildman–Crippen MR) is 150 cm³/mol. The summed E-state index contributed by atoms with van der Waals surface area (Å²) in [5, 5.41) is 0.283. The molecule has 4 aromatic rings. The number of carbonyl (C=O) groups is 1. The number of hydrogen-bond acceptors (Lipinski definition) is 5. The van der Waals surface area contributed by atoms with Crippen molar-refractivity contribution >= 4 is 22.6 Å². The maximum absolute atomic E-state index is 13.9. The van der Waals surface area contributed by atoms with Crippen LogP contribution in [0.4, 0.5) is 18.9 Å². The highest BCUT2D eigenvalue weighted by Gasteiger charge is 2.44. The van der Waals surface area contributed by atoms with Crippen molar-refractivity contribution < 1.29 is 31.9 Å². The molecule has 41 heavy (non-hydrogen) atoms. The van der Waals surface area contributed by atoms with Crippen LogP contribution in [-0.4, -0.2) is 19.1 Å².